The minimum absolute atomic E-state index is 0.111. The van der Waals surface area contributed by atoms with E-state index in [1.54, 1.807) is 18.0 Å². The maximum absolute atomic E-state index is 13.5. The summed E-state index contributed by atoms with van der Waals surface area (Å²) in [4.78, 5) is 75.3. The predicted molar refractivity (Wildman–Crippen MR) is 220 cm³/mol. The van der Waals surface area contributed by atoms with Crippen molar-refractivity contribution in [1.29, 1.82) is 0 Å². The van der Waals surface area contributed by atoms with E-state index in [1.807, 2.05) is 50.2 Å². The van der Waals surface area contributed by atoms with Gasteiger partial charge in [0.2, 0.25) is 17.7 Å². The molecule has 58 heavy (non-hydrogen) atoms. The maximum Gasteiger partial charge on any atom is 0.407 e. The number of methoxy groups -OCH3 is 2. The molecule has 14 heteroatoms. The number of ether oxygens (including phenoxy) is 2. The Morgan fingerprint density at radius 2 is 1.26 bits per heavy atom. The number of carbonyl (C=O) groups is 5. The van der Waals surface area contributed by atoms with Crippen LogP contribution in [0.25, 0.3) is 33.5 Å². The van der Waals surface area contributed by atoms with E-state index in [-0.39, 0.29) is 23.8 Å². The number of aromatic amines is 1. The molecule has 5 amide bonds. The normalized spacial score (nSPS) is 17.3. The molecule has 2 fully saturated rings. The number of likely N-dealkylation sites (tertiary alicyclic amines) is 2. The summed E-state index contributed by atoms with van der Waals surface area (Å²) in [5.74, 6) is -0.231. The van der Waals surface area contributed by atoms with Gasteiger partial charge in [-0.05, 0) is 84.0 Å². The fraction of sp³-hybridized carbons (Fsp3) is 0.364. The smallest absolute Gasteiger partial charge is 0.407 e. The van der Waals surface area contributed by atoms with Crippen molar-refractivity contribution >= 4 is 35.6 Å². The predicted octanol–water partition coefficient (Wildman–Crippen LogP) is 6.69. The Hall–Kier alpha value is -6.44. The van der Waals surface area contributed by atoms with Crippen molar-refractivity contribution < 1.29 is 33.4 Å². The number of carbonyl (C=O) groups excluding carboxylic acids is 5. The first-order valence-corrected chi connectivity index (χ1v) is 19.5. The SMILES string of the molecule is C=C(C)[C@H](NC(=O)OC)C(=O)N1CCC[C@H]1C(=O)Nc1ccc(-c2ccc(-c3ccc(-c4cnc([C@@H]5CCCN5C(=O)[C@@H](NC(=O)OC)C(C)C)[nH]4)cc3)cc2)cc1. The average Bonchev–Trinajstić information content (AvgIpc) is 4.03. The minimum Gasteiger partial charge on any atom is -0.453 e. The summed E-state index contributed by atoms with van der Waals surface area (Å²) in [6.07, 6.45) is 3.21. The van der Waals surface area contributed by atoms with E-state index in [2.05, 4.69) is 73.6 Å². The number of benzene rings is 3. The van der Waals surface area contributed by atoms with E-state index in [0.717, 1.165) is 46.4 Å². The first-order chi connectivity index (χ1) is 27.9. The highest BCUT2D eigenvalue weighted by Crippen LogP contribution is 2.34. The van der Waals surface area contributed by atoms with E-state index >= 15 is 0 Å². The van der Waals surface area contributed by atoms with Crippen LogP contribution in [0, 0.1) is 5.92 Å². The molecular formula is C44H51N7O7. The highest BCUT2D eigenvalue weighted by Gasteiger charge is 2.39. The van der Waals surface area contributed by atoms with E-state index in [0.29, 0.717) is 43.0 Å². The summed E-state index contributed by atoms with van der Waals surface area (Å²) in [6.45, 7) is 10.2. The summed E-state index contributed by atoms with van der Waals surface area (Å²) in [5.41, 5.74) is 6.97. The lowest BCUT2D eigenvalue weighted by Gasteiger charge is -2.30. The van der Waals surface area contributed by atoms with Crippen LogP contribution in [0.4, 0.5) is 15.3 Å². The summed E-state index contributed by atoms with van der Waals surface area (Å²) in [6, 6.07) is 21.4. The second-order valence-electron chi connectivity index (χ2n) is 15.1. The topological polar surface area (TPSA) is 175 Å². The number of hydrogen-bond donors (Lipinski definition) is 4. The number of imidazole rings is 1. The van der Waals surface area contributed by atoms with Gasteiger partial charge in [0.15, 0.2) is 0 Å². The van der Waals surface area contributed by atoms with Gasteiger partial charge < -0.3 is 40.2 Å². The lowest BCUT2D eigenvalue weighted by Crippen LogP contribution is -2.52. The third-order valence-electron chi connectivity index (χ3n) is 10.8. The quantitative estimate of drug-likeness (QED) is 0.115. The Kier molecular flexibility index (Phi) is 12.9. The first kappa shape index (κ1) is 41.2. The Labute approximate surface area is 338 Å². The molecular weight excluding hydrogens is 739 g/mol. The van der Waals surface area contributed by atoms with Crippen molar-refractivity contribution in [3.05, 3.63) is 97.0 Å². The lowest BCUT2D eigenvalue weighted by atomic mass is 9.99. The molecule has 0 radical (unpaired) electrons. The van der Waals surface area contributed by atoms with Gasteiger partial charge in [0.25, 0.3) is 0 Å². The molecule has 3 aromatic carbocycles. The Bertz CT molecular complexity index is 2130. The molecule has 0 saturated carbocycles. The molecule has 3 heterocycles. The van der Waals surface area contributed by atoms with Crippen LogP contribution in [0.2, 0.25) is 0 Å². The molecule has 2 saturated heterocycles. The lowest BCUT2D eigenvalue weighted by molar-refractivity contribution is -0.137. The van der Waals surface area contributed by atoms with Crippen LogP contribution in [-0.2, 0) is 23.9 Å². The molecule has 1 aromatic heterocycles. The molecule has 0 aliphatic carbocycles. The van der Waals surface area contributed by atoms with Crippen molar-refractivity contribution in [1.82, 2.24) is 30.4 Å². The molecule has 2 aliphatic rings. The van der Waals surface area contributed by atoms with E-state index < -0.39 is 36.2 Å². The van der Waals surface area contributed by atoms with Crippen molar-refractivity contribution in [3.63, 3.8) is 0 Å². The third kappa shape index (κ3) is 9.22. The van der Waals surface area contributed by atoms with Crippen LogP contribution in [0.15, 0.2) is 91.1 Å². The Balaban J connectivity index is 1.06. The van der Waals surface area contributed by atoms with E-state index in [4.69, 9.17) is 4.74 Å². The number of amides is 5. The van der Waals surface area contributed by atoms with Gasteiger partial charge in [0.1, 0.15) is 23.9 Å². The minimum atomic E-state index is -0.986. The van der Waals surface area contributed by atoms with Crippen molar-refractivity contribution in [2.75, 3.05) is 32.6 Å². The van der Waals surface area contributed by atoms with Gasteiger partial charge in [-0.25, -0.2) is 14.6 Å². The second kappa shape index (κ2) is 18.2. The fourth-order valence-electron chi connectivity index (χ4n) is 7.56. The zero-order chi connectivity index (χ0) is 41.5. The first-order valence-electron chi connectivity index (χ1n) is 19.5. The van der Waals surface area contributed by atoms with Crippen LogP contribution in [0.1, 0.15) is 58.3 Å². The molecule has 4 aromatic rings. The van der Waals surface area contributed by atoms with Crippen LogP contribution in [0.3, 0.4) is 0 Å². The standard InChI is InChI=1S/C44H51N7O7/c1-26(2)37(48-43(55)57-5)41(53)50-23-7-9-35(50)39-45-25-34(47-39)32-17-15-30(16-18-32)28-11-13-29(14-12-28)31-19-21-33(22-20-31)46-40(52)36-10-8-24-51(36)42(54)38(27(3)4)49-44(56)58-6/h11-22,25-26,35-38H,3,7-10,23-24H2,1-2,4-6H3,(H,45,47)(H,46,52)(H,48,55)(H,49,56)/t35-,36-,37-,38-/m0/s1. The molecule has 0 spiro atoms. The average molecular weight is 790 g/mol. The van der Waals surface area contributed by atoms with Crippen LogP contribution >= 0.6 is 0 Å². The number of aromatic nitrogens is 2. The molecule has 0 unspecified atom stereocenters. The van der Waals surface area contributed by atoms with Gasteiger partial charge in [-0.15, -0.1) is 0 Å². The summed E-state index contributed by atoms with van der Waals surface area (Å²) in [7, 11) is 2.50. The third-order valence-corrected chi connectivity index (χ3v) is 10.8. The second-order valence-corrected chi connectivity index (χ2v) is 15.1. The largest absolute Gasteiger partial charge is 0.453 e. The monoisotopic (exact) mass is 789 g/mol. The number of H-pyrrole nitrogens is 1. The van der Waals surface area contributed by atoms with Gasteiger partial charge >= 0.3 is 12.2 Å². The molecule has 4 N–H and O–H groups in total. The van der Waals surface area contributed by atoms with E-state index in [1.165, 1.54) is 19.1 Å². The number of rotatable bonds is 12. The number of anilines is 1. The Morgan fingerprint density at radius 3 is 1.81 bits per heavy atom. The summed E-state index contributed by atoms with van der Waals surface area (Å²) < 4.78 is 9.41. The molecule has 6 rings (SSSR count). The highest BCUT2D eigenvalue weighted by atomic mass is 16.5. The molecule has 0 bridgehead atoms. The Morgan fingerprint density at radius 1 is 0.741 bits per heavy atom. The van der Waals surface area contributed by atoms with Crippen molar-refractivity contribution in [3.8, 4) is 33.5 Å². The zero-order valence-electron chi connectivity index (χ0n) is 33.5. The van der Waals surface area contributed by atoms with Crippen molar-refractivity contribution in [2.24, 2.45) is 5.92 Å². The number of nitrogens with one attached hydrogen (secondary N) is 4. The molecule has 2 aliphatic heterocycles. The molecule has 4 atom stereocenters. The molecule has 14 nitrogen and oxygen atoms in total. The van der Waals surface area contributed by atoms with Crippen LogP contribution in [-0.4, -0.2) is 95.1 Å². The number of alkyl carbamates (subject to hydrolysis) is 2. The van der Waals surface area contributed by atoms with Crippen LogP contribution in [0.5, 0.6) is 0 Å². The number of nitrogens with zero attached hydrogens (tertiary/aromatic N) is 3. The van der Waals surface area contributed by atoms with E-state index in [9.17, 15) is 24.0 Å². The summed E-state index contributed by atoms with van der Waals surface area (Å²) in [5, 5.41) is 8.14. The van der Waals surface area contributed by atoms with Crippen molar-refractivity contribution in [2.45, 2.75) is 70.6 Å². The molecule has 304 valence electrons. The van der Waals surface area contributed by atoms with Gasteiger partial charge in [-0.3, -0.25) is 14.4 Å². The fourth-order valence-corrected chi connectivity index (χ4v) is 7.56. The summed E-state index contributed by atoms with van der Waals surface area (Å²) >= 11 is 0. The highest BCUT2D eigenvalue weighted by molar-refractivity contribution is 5.99. The van der Waals surface area contributed by atoms with Gasteiger partial charge in [-0.2, -0.15) is 0 Å². The van der Waals surface area contributed by atoms with Crippen LogP contribution < -0.4 is 16.0 Å². The maximum atomic E-state index is 13.5. The van der Waals surface area contributed by atoms with Gasteiger partial charge in [0, 0.05) is 18.8 Å². The zero-order valence-corrected chi connectivity index (χ0v) is 33.5. The van der Waals surface area contributed by atoms with Gasteiger partial charge in [-0.1, -0.05) is 81.1 Å². The van der Waals surface area contributed by atoms with Gasteiger partial charge in [0.05, 0.1) is 32.2 Å². The number of hydrogen-bond acceptors (Lipinski definition) is 8.